The lowest BCUT2D eigenvalue weighted by Crippen LogP contribution is -2.25. The van der Waals surface area contributed by atoms with Gasteiger partial charge in [-0.3, -0.25) is 14.4 Å². The van der Waals surface area contributed by atoms with Gasteiger partial charge >= 0.3 is 0 Å². The first-order valence-electron chi connectivity index (χ1n) is 9.95. The van der Waals surface area contributed by atoms with E-state index >= 15 is 0 Å². The predicted molar refractivity (Wildman–Crippen MR) is 125 cm³/mol. The van der Waals surface area contributed by atoms with Gasteiger partial charge in [-0.2, -0.15) is 0 Å². The van der Waals surface area contributed by atoms with E-state index in [-0.39, 0.29) is 35.4 Å². The van der Waals surface area contributed by atoms with Gasteiger partial charge in [0.15, 0.2) is 0 Å². The van der Waals surface area contributed by atoms with Crippen LogP contribution in [-0.4, -0.2) is 29.2 Å². The van der Waals surface area contributed by atoms with Crippen molar-refractivity contribution in [1.82, 2.24) is 5.32 Å². The van der Waals surface area contributed by atoms with Crippen LogP contribution in [0, 0.1) is 11.6 Å². The lowest BCUT2D eigenvalue weighted by Gasteiger charge is -2.09. The van der Waals surface area contributed by atoms with Gasteiger partial charge in [0.1, 0.15) is 11.6 Å². The summed E-state index contributed by atoms with van der Waals surface area (Å²) in [4.78, 5) is 36.2. The predicted octanol–water partition coefficient (Wildman–Crippen LogP) is 4.21. The van der Waals surface area contributed by atoms with Crippen molar-refractivity contribution in [3.05, 3.63) is 95.6 Å². The summed E-state index contributed by atoms with van der Waals surface area (Å²) in [6.45, 7) is 0.241. The summed E-state index contributed by atoms with van der Waals surface area (Å²) >= 11 is 1.15. The van der Waals surface area contributed by atoms with Crippen molar-refractivity contribution in [3.8, 4) is 0 Å². The zero-order valence-corrected chi connectivity index (χ0v) is 18.3. The zero-order chi connectivity index (χ0) is 23.6. The van der Waals surface area contributed by atoms with Crippen LogP contribution in [0.1, 0.15) is 15.9 Å². The number of thioether (sulfide) groups is 1. The molecule has 0 aromatic heterocycles. The minimum absolute atomic E-state index is 0.0758. The first-order chi connectivity index (χ1) is 15.9. The van der Waals surface area contributed by atoms with E-state index in [0.29, 0.717) is 11.4 Å². The molecular weight excluding hydrogens is 448 g/mol. The largest absolute Gasteiger partial charge is 0.351 e. The number of anilines is 2. The number of hydrogen-bond acceptors (Lipinski definition) is 4. The molecule has 0 aliphatic carbocycles. The Balaban J connectivity index is 1.40. The van der Waals surface area contributed by atoms with E-state index in [1.165, 1.54) is 42.5 Å². The SMILES string of the molecule is O=C(CSCC(=O)Nc1ccc(F)cc1)NCc1cccc(NC(=O)c2cccc(F)c2)c1. The molecule has 0 saturated carbocycles. The van der Waals surface area contributed by atoms with Crippen molar-refractivity contribution >= 4 is 40.9 Å². The molecule has 3 rings (SSSR count). The van der Waals surface area contributed by atoms with Crippen molar-refractivity contribution in [2.75, 3.05) is 22.1 Å². The molecule has 0 aliphatic rings. The number of halogens is 2. The highest BCUT2D eigenvalue weighted by molar-refractivity contribution is 8.00. The summed E-state index contributed by atoms with van der Waals surface area (Å²) in [6, 6.07) is 17.7. The average Bonchev–Trinajstić information content (AvgIpc) is 2.79. The molecule has 3 amide bonds. The number of benzene rings is 3. The standard InChI is InChI=1S/C24H21F2N3O3S/c25-18-7-9-20(10-8-18)28-23(31)15-33-14-22(30)27-13-16-3-1-6-21(11-16)29-24(32)17-4-2-5-19(26)12-17/h1-12H,13-15H2,(H,27,30)(H,28,31)(H,29,32). The molecule has 0 unspecified atom stereocenters. The van der Waals surface area contributed by atoms with Gasteiger partial charge in [-0.25, -0.2) is 8.78 Å². The third kappa shape index (κ3) is 8.04. The van der Waals surface area contributed by atoms with E-state index in [0.717, 1.165) is 23.4 Å². The summed E-state index contributed by atoms with van der Waals surface area (Å²) in [7, 11) is 0. The van der Waals surface area contributed by atoms with Crippen LogP contribution in [0.4, 0.5) is 20.2 Å². The Hall–Kier alpha value is -3.72. The summed E-state index contributed by atoms with van der Waals surface area (Å²) < 4.78 is 26.2. The van der Waals surface area contributed by atoms with Crippen molar-refractivity contribution in [3.63, 3.8) is 0 Å². The maximum Gasteiger partial charge on any atom is 0.255 e. The Morgan fingerprint density at radius 1 is 0.727 bits per heavy atom. The number of rotatable bonds is 9. The topological polar surface area (TPSA) is 87.3 Å². The van der Waals surface area contributed by atoms with Crippen molar-refractivity contribution in [2.45, 2.75) is 6.54 Å². The van der Waals surface area contributed by atoms with E-state index in [1.54, 1.807) is 24.3 Å². The monoisotopic (exact) mass is 469 g/mol. The molecule has 3 N–H and O–H groups in total. The van der Waals surface area contributed by atoms with Gasteiger partial charge in [-0.15, -0.1) is 11.8 Å². The first kappa shape index (κ1) is 23.9. The third-order valence-electron chi connectivity index (χ3n) is 4.36. The van der Waals surface area contributed by atoms with Gasteiger partial charge in [-0.1, -0.05) is 18.2 Å². The first-order valence-corrected chi connectivity index (χ1v) is 11.1. The Morgan fingerprint density at radius 3 is 2.21 bits per heavy atom. The van der Waals surface area contributed by atoms with E-state index in [4.69, 9.17) is 0 Å². The van der Waals surface area contributed by atoms with Crippen LogP contribution in [0.15, 0.2) is 72.8 Å². The number of hydrogen-bond donors (Lipinski definition) is 3. The number of carbonyl (C=O) groups excluding carboxylic acids is 3. The molecule has 0 radical (unpaired) electrons. The molecular formula is C24H21F2N3O3S. The Bertz CT molecular complexity index is 1140. The Labute approximate surface area is 193 Å². The second kappa shape index (κ2) is 11.8. The van der Waals surface area contributed by atoms with Gasteiger partial charge in [0, 0.05) is 23.5 Å². The molecule has 0 bridgehead atoms. The normalized spacial score (nSPS) is 10.4. The summed E-state index contributed by atoms with van der Waals surface area (Å²) in [5.74, 6) is -1.70. The second-order valence-corrected chi connectivity index (χ2v) is 7.98. The van der Waals surface area contributed by atoms with Crippen LogP contribution in [-0.2, 0) is 16.1 Å². The molecule has 0 atom stereocenters. The van der Waals surface area contributed by atoms with Crippen LogP contribution in [0.5, 0.6) is 0 Å². The van der Waals surface area contributed by atoms with Crippen LogP contribution in [0.25, 0.3) is 0 Å². The van der Waals surface area contributed by atoms with E-state index < -0.39 is 17.5 Å². The molecule has 3 aromatic carbocycles. The number of amides is 3. The third-order valence-corrected chi connectivity index (χ3v) is 5.29. The highest BCUT2D eigenvalue weighted by Gasteiger charge is 2.09. The maximum absolute atomic E-state index is 13.3. The van der Waals surface area contributed by atoms with Gasteiger partial charge in [0.25, 0.3) is 5.91 Å². The fraction of sp³-hybridized carbons (Fsp3) is 0.125. The molecule has 9 heteroatoms. The molecule has 0 spiro atoms. The zero-order valence-electron chi connectivity index (χ0n) is 17.4. The minimum Gasteiger partial charge on any atom is -0.351 e. The van der Waals surface area contributed by atoms with Crippen molar-refractivity contribution in [1.29, 1.82) is 0 Å². The summed E-state index contributed by atoms with van der Waals surface area (Å²) in [5, 5.41) is 8.07. The van der Waals surface area contributed by atoms with Crippen LogP contribution in [0.3, 0.4) is 0 Å². The molecule has 0 heterocycles. The Morgan fingerprint density at radius 2 is 1.45 bits per heavy atom. The van der Waals surface area contributed by atoms with Crippen molar-refractivity contribution < 1.29 is 23.2 Å². The maximum atomic E-state index is 13.3. The van der Waals surface area contributed by atoms with Crippen LogP contribution < -0.4 is 16.0 Å². The van der Waals surface area contributed by atoms with Gasteiger partial charge in [0.05, 0.1) is 11.5 Å². The highest BCUT2D eigenvalue weighted by atomic mass is 32.2. The molecule has 0 fully saturated rings. The average molecular weight is 470 g/mol. The molecule has 170 valence electrons. The Kier molecular flexibility index (Phi) is 8.54. The van der Waals surface area contributed by atoms with Gasteiger partial charge in [0.2, 0.25) is 11.8 Å². The lowest BCUT2D eigenvalue weighted by molar-refractivity contribution is -0.118. The molecule has 33 heavy (non-hydrogen) atoms. The van der Waals surface area contributed by atoms with E-state index in [9.17, 15) is 23.2 Å². The van der Waals surface area contributed by atoms with Crippen LogP contribution in [0.2, 0.25) is 0 Å². The highest BCUT2D eigenvalue weighted by Crippen LogP contribution is 2.14. The summed E-state index contributed by atoms with van der Waals surface area (Å²) in [6.07, 6.45) is 0. The summed E-state index contributed by atoms with van der Waals surface area (Å²) in [5.41, 5.74) is 1.97. The van der Waals surface area contributed by atoms with Gasteiger partial charge in [-0.05, 0) is 60.2 Å². The molecule has 3 aromatic rings. The fourth-order valence-corrected chi connectivity index (χ4v) is 3.46. The number of nitrogens with one attached hydrogen (secondary N) is 3. The minimum atomic E-state index is -0.495. The molecule has 0 aliphatic heterocycles. The fourth-order valence-electron chi connectivity index (χ4n) is 2.81. The molecule has 0 saturated heterocycles. The quantitative estimate of drug-likeness (QED) is 0.438. The second-order valence-electron chi connectivity index (χ2n) is 6.99. The smallest absolute Gasteiger partial charge is 0.255 e. The molecule has 6 nitrogen and oxygen atoms in total. The van der Waals surface area contributed by atoms with E-state index in [1.807, 2.05) is 0 Å². The van der Waals surface area contributed by atoms with Gasteiger partial charge < -0.3 is 16.0 Å². The van der Waals surface area contributed by atoms with Crippen LogP contribution >= 0.6 is 11.8 Å². The van der Waals surface area contributed by atoms with E-state index in [2.05, 4.69) is 16.0 Å². The number of carbonyl (C=O) groups is 3. The van der Waals surface area contributed by atoms with Crippen molar-refractivity contribution in [2.24, 2.45) is 0 Å². The lowest BCUT2D eigenvalue weighted by atomic mass is 10.1.